The lowest BCUT2D eigenvalue weighted by Crippen LogP contribution is -2.07. The first kappa shape index (κ1) is 15.9. The highest BCUT2D eigenvalue weighted by Gasteiger charge is 2.13. The minimum Gasteiger partial charge on any atom is -0.483 e. The molecule has 0 spiro atoms. The van der Waals surface area contributed by atoms with Crippen molar-refractivity contribution in [3.63, 3.8) is 0 Å². The van der Waals surface area contributed by atoms with Crippen LogP contribution in [0.1, 0.15) is 11.1 Å². The molecular formula is C15H13BrF3NO. The van der Waals surface area contributed by atoms with Gasteiger partial charge in [0, 0.05) is 16.6 Å². The molecule has 21 heavy (non-hydrogen) atoms. The molecule has 0 amide bonds. The summed E-state index contributed by atoms with van der Waals surface area (Å²) < 4.78 is 46.9. The molecule has 0 radical (unpaired) electrons. The molecule has 2 rings (SSSR count). The summed E-state index contributed by atoms with van der Waals surface area (Å²) in [6, 6.07) is 6.76. The SMILES string of the molecule is CNCc1cc(F)c(OCc2ccc(Br)cc2F)c(F)c1. The maximum Gasteiger partial charge on any atom is 0.191 e. The Hall–Kier alpha value is -1.53. The predicted molar refractivity (Wildman–Crippen MR) is 77.6 cm³/mol. The largest absolute Gasteiger partial charge is 0.483 e. The van der Waals surface area contributed by atoms with Crippen molar-refractivity contribution in [1.82, 2.24) is 5.32 Å². The molecule has 0 saturated heterocycles. The van der Waals surface area contributed by atoms with Crippen molar-refractivity contribution < 1.29 is 17.9 Å². The highest BCUT2D eigenvalue weighted by molar-refractivity contribution is 9.10. The van der Waals surface area contributed by atoms with Crippen molar-refractivity contribution >= 4 is 15.9 Å². The third-order valence-electron chi connectivity index (χ3n) is 2.83. The molecule has 0 bridgehead atoms. The monoisotopic (exact) mass is 359 g/mol. The predicted octanol–water partition coefficient (Wildman–Crippen LogP) is 4.16. The Morgan fingerprint density at radius 1 is 1.05 bits per heavy atom. The van der Waals surface area contributed by atoms with Crippen LogP contribution in [0.5, 0.6) is 5.75 Å². The van der Waals surface area contributed by atoms with Crippen LogP contribution in [-0.2, 0) is 13.2 Å². The smallest absolute Gasteiger partial charge is 0.191 e. The van der Waals surface area contributed by atoms with Gasteiger partial charge in [-0.25, -0.2) is 13.2 Å². The number of nitrogens with one attached hydrogen (secondary N) is 1. The van der Waals surface area contributed by atoms with Crippen molar-refractivity contribution in [2.75, 3.05) is 7.05 Å². The Morgan fingerprint density at radius 3 is 2.29 bits per heavy atom. The molecule has 1 N–H and O–H groups in total. The van der Waals surface area contributed by atoms with E-state index in [4.69, 9.17) is 4.74 Å². The zero-order valence-electron chi connectivity index (χ0n) is 11.2. The molecule has 6 heteroatoms. The van der Waals surface area contributed by atoms with Crippen LogP contribution < -0.4 is 10.1 Å². The van der Waals surface area contributed by atoms with Gasteiger partial charge in [-0.3, -0.25) is 0 Å². The number of hydrogen-bond acceptors (Lipinski definition) is 2. The van der Waals surface area contributed by atoms with Crippen LogP contribution in [-0.4, -0.2) is 7.05 Å². The summed E-state index contributed by atoms with van der Waals surface area (Å²) in [6.07, 6.45) is 0. The Balaban J connectivity index is 2.16. The molecule has 2 nitrogen and oxygen atoms in total. The van der Waals surface area contributed by atoms with E-state index in [1.54, 1.807) is 13.1 Å². The lowest BCUT2D eigenvalue weighted by molar-refractivity contribution is 0.269. The Bertz CT molecular complexity index is 626. The number of halogens is 4. The van der Waals surface area contributed by atoms with E-state index in [0.29, 0.717) is 16.6 Å². The molecule has 2 aromatic carbocycles. The first-order valence-electron chi connectivity index (χ1n) is 6.20. The van der Waals surface area contributed by atoms with E-state index in [-0.39, 0.29) is 12.2 Å². The fraction of sp³-hybridized carbons (Fsp3) is 0.200. The van der Waals surface area contributed by atoms with Crippen molar-refractivity contribution in [3.05, 3.63) is 63.4 Å². The minimum atomic E-state index is -0.808. The summed E-state index contributed by atoms with van der Waals surface area (Å²) in [5.41, 5.74) is 0.686. The topological polar surface area (TPSA) is 21.3 Å². The second kappa shape index (κ2) is 6.95. The molecule has 2 aromatic rings. The lowest BCUT2D eigenvalue weighted by Gasteiger charge is -2.11. The second-order valence-corrected chi connectivity index (χ2v) is 5.36. The first-order chi connectivity index (χ1) is 10.0. The molecule has 0 aliphatic carbocycles. The Morgan fingerprint density at radius 2 is 1.71 bits per heavy atom. The van der Waals surface area contributed by atoms with Crippen LogP contribution in [0.15, 0.2) is 34.8 Å². The maximum absolute atomic E-state index is 13.8. The summed E-state index contributed by atoms with van der Waals surface area (Å²) in [7, 11) is 1.68. The van der Waals surface area contributed by atoms with Gasteiger partial charge >= 0.3 is 0 Å². The standard InChI is InChI=1S/C15H13BrF3NO/c1-20-7-9-4-13(18)15(14(19)5-9)21-8-10-2-3-11(16)6-12(10)17/h2-6,20H,7-8H2,1H3. The average molecular weight is 360 g/mol. The van der Waals surface area contributed by atoms with Gasteiger partial charge in [0.1, 0.15) is 12.4 Å². The summed E-state index contributed by atoms with van der Waals surface area (Å²) in [6.45, 7) is 0.0911. The molecule has 0 fully saturated rings. The van der Waals surface area contributed by atoms with Gasteiger partial charge in [-0.05, 0) is 36.9 Å². The van der Waals surface area contributed by atoms with Gasteiger partial charge in [-0.1, -0.05) is 22.0 Å². The lowest BCUT2D eigenvalue weighted by atomic mass is 10.2. The van der Waals surface area contributed by atoms with Crippen LogP contribution in [0.4, 0.5) is 13.2 Å². The van der Waals surface area contributed by atoms with E-state index in [9.17, 15) is 13.2 Å². The van der Waals surface area contributed by atoms with E-state index in [0.717, 1.165) is 0 Å². The van der Waals surface area contributed by atoms with Crippen LogP contribution >= 0.6 is 15.9 Å². The van der Waals surface area contributed by atoms with Crippen molar-refractivity contribution in [3.8, 4) is 5.75 Å². The summed E-state index contributed by atoms with van der Waals surface area (Å²) in [5.74, 6) is -2.62. The van der Waals surface area contributed by atoms with E-state index >= 15 is 0 Å². The zero-order valence-corrected chi connectivity index (χ0v) is 12.8. The molecule has 112 valence electrons. The highest BCUT2D eigenvalue weighted by atomic mass is 79.9. The Labute approximate surface area is 129 Å². The van der Waals surface area contributed by atoms with Gasteiger partial charge in [0.25, 0.3) is 0 Å². The fourth-order valence-electron chi connectivity index (χ4n) is 1.85. The van der Waals surface area contributed by atoms with Crippen molar-refractivity contribution in [2.45, 2.75) is 13.2 Å². The van der Waals surface area contributed by atoms with E-state index in [2.05, 4.69) is 21.2 Å². The summed E-state index contributed by atoms with van der Waals surface area (Å²) >= 11 is 3.13. The van der Waals surface area contributed by atoms with E-state index in [1.807, 2.05) is 0 Å². The average Bonchev–Trinajstić information content (AvgIpc) is 2.40. The number of rotatable bonds is 5. The quantitative estimate of drug-likeness (QED) is 0.865. The van der Waals surface area contributed by atoms with E-state index < -0.39 is 23.2 Å². The molecule has 0 aliphatic heterocycles. The first-order valence-corrected chi connectivity index (χ1v) is 7.00. The summed E-state index contributed by atoms with van der Waals surface area (Å²) in [5, 5.41) is 2.80. The van der Waals surface area contributed by atoms with Crippen molar-refractivity contribution in [2.24, 2.45) is 0 Å². The number of benzene rings is 2. The zero-order chi connectivity index (χ0) is 15.4. The molecule has 0 atom stereocenters. The molecule has 0 aliphatic rings. The van der Waals surface area contributed by atoms with Gasteiger partial charge < -0.3 is 10.1 Å². The fourth-order valence-corrected chi connectivity index (χ4v) is 2.18. The van der Waals surface area contributed by atoms with Gasteiger partial charge in [-0.2, -0.15) is 0 Å². The molecule has 0 aromatic heterocycles. The molecule has 0 unspecified atom stereocenters. The number of hydrogen-bond donors (Lipinski definition) is 1. The van der Waals surface area contributed by atoms with Crippen LogP contribution in [0.3, 0.4) is 0 Å². The van der Waals surface area contributed by atoms with Crippen LogP contribution in [0, 0.1) is 17.5 Å². The maximum atomic E-state index is 13.8. The van der Waals surface area contributed by atoms with Crippen LogP contribution in [0.2, 0.25) is 0 Å². The normalized spacial score (nSPS) is 10.7. The number of ether oxygens (including phenoxy) is 1. The van der Waals surface area contributed by atoms with Crippen molar-refractivity contribution in [1.29, 1.82) is 0 Å². The van der Waals surface area contributed by atoms with Gasteiger partial charge in [0.05, 0.1) is 0 Å². The third-order valence-corrected chi connectivity index (χ3v) is 3.32. The molecule has 0 heterocycles. The van der Waals surface area contributed by atoms with E-state index in [1.165, 1.54) is 24.3 Å². The van der Waals surface area contributed by atoms with Gasteiger partial charge in [-0.15, -0.1) is 0 Å². The second-order valence-electron chi connectivity index (χ2n) is 4.44. The Kier molecular flexibility index (Phi) is 5.25. The van der Waals surface area contributed by atoms with Gasteiger partial charge in [0.2, 0.25) is 0 Å². The third kappa shape index (κ3) is 3.98. The summed E-state index contributed by atoms with van der Waals surface area (Å²) in [4.78, 5) is 0. The molecule has 0 saturated carbocycles. The van der Waals surface area contributed by atoms with Crippen LogP contribution in [0.25, 0.3) is 0 Å². The van der Waals surface area contributed by atoms with Gasteiger partial charge in [0.15, 0.2) is 17.4 Å². The highest BCUT2D eigenvalue weighted by Crippen LogP contribution is 2.25. The minimum absolute atomic E-state index is 0.219. The molecular weight excluding hydrogens is 347 g/mol.